The van der Waals surface area contributed by atoms with Crippen molar-refractivity contribution < 1.29 is 19.1 Å². The summed E-state index contributed by atoms with van der Waals surface area (Å²) in [6.45, 7) is 3.00. The molecular weight excluding hydrogens is 320 g/mol. The molecule has 2 heterocycles. The van der Waals surface area contributed by atoms with Crippen molar-refractivity contribution in [2.24, 2.45) is 5.73 Å². The van der Waals surface area contributed by atoms with Crippen molar-refractivity contribution in [3.8, 4) is 10.7 Å². The predicted octanol–water partition coefficient (Wildman–Crippen LogP) is 1.25. The van der Waals surface area contributed by atoms with Gasteiger partial charge in [-0.05, 0) is 26.0 Å². The predicted molar refractivity (Wildman–Crippen MR) is 82.7 cm³/mol. The number of aryl methyl sites for hydroxylation is 1. The molecule has 2 aromatic heterocycles. The van der Waals surface area contributed by atoms with Crippen molar-refractivity contribution >= 4 is 29.2 Å². The molecule has 23 heavy (non-hydrogen) atoms. The summed E-state index contributed by atoms with van der Waals surface area (Å²) in [5.41, 5.74) is 5.95. The zero-order chi connectivity index (χ0) is 17.0. The minimum absolute atomic E-state index is 0.268. The Morgan fingerprint density at radius 3 is 2.70 bits per heavy atom. The third kappa shape index (κ3) is 4.10. The third-order valence-corrected chi connectivity index (χ3v) is 3.93. The van der Waals surface area contributed by atoms with Gasteiger partial charge in [0.2, 0.25) is 0 Å². The first kappa shape index (κ1) is 16.6. The number of nitrogens with zero attached hydrogens (tertiary/aromatic N) is 2. The summed E-state index contributed by atoms with van der Waals surface area (Å²) in [6.07, 6.45) is 0.468. The number of hydrogen-bond donors (Lipinski definition) is 2. The number of thiazole rings is 1. The first-order chi connectivity index (χ1) is 10.9. The molecule has 0 unspecified atom stereocenters. The van der Waals surface area contributed by atoms with E-state index >= 15 is 0 Å². The van der Waals surface area contributed by atoms with Gasteiger partial charge in [-0.1, -0.05) is 6.07 Å². The van der Waals surface area contributed by atoms with Crippen molar-refractivity contribution in [2.75, 3.05) is 0 Å². The van der Waals surface area contributed by atoms with Gasteiger partial charge in [-0.15, -0.1) is 11.3 Å². The maximum Gasteiger partial charge on any atom is 0.351 e. The number of urea groups is 1. The van der Waals surface area contributed by atoms with E-state index in [0.717, 1.165) is 11.3 Å². The average molecular weight is 334 g/mol. The summed E-state index contributed by atoms with van der Waals surface area (Å²) in [4.78, 5) is 43.0. The Bertz CT molecular complexity index is 744. The van der Waals surface area contributed by atoms with Crippen molar-refractivity contribution in [3.05, 3.63) is 35.0 Å². The van der Waals surface area contributed by atoms with Crippen LogP contribution in [0.1, 0.15) is 22.3 Å². The second-order valence-electron chi connectivity index (χ2n) is 4.55. The van der Waals surface area contributed by atoms with Crippen LogP contribution >= 0.6 is 11.3 Å². The molecule has 3 amide bonds. The summed E-state index contributed by atoms with van der Waals surface area (Å²) in [5, 5.41) is 2.42. The van der Waals surface area contributed by atoms with Gasteiger partial charge in [-0.2, -0.15) is 0 Å². The Morgan fingerprint density at radius 1 is 1.35 bits per heavy atom. The van der Waals surface area contributed by atoms with Crippen molar-refractivity contribution in [1.29, 1.82) is 0 Å². The fourth-order valence-corrected chi connectivity index (χ4v) is 2.60. The molecule has 9 heteroatoms. The molecule has 0 aliphatic carbocycles. The van der Waals surface area contributed by atoms with E-state index in [4.69, 9.17) is 10.5 Å². The Hall–Kier alpha value is -2.81. The first-order valence-electron chi connectivity index (χ1n) is 6.58. The number of imide groups is 1. The SMILES string of the molecule is Cc1nc(-c2ccccn2)sc1C(=O)O[C@H](C)C(=O)NC(N)=O. The van der Waals surface area contributed by atoms with E-state index in [9.17, 15) is 14.4 Å². The molecule has 0 fully saturated rings. The lowest BCUT2D eigenvalue weighted by molar-refractivity contribution is -0.127. The van der Waals surface area contributed by atoms with Crippen LogP contribution in [0.3, 0.4) is 0 Å². The van der Waals surface area contributed by atoms with E-state index in [1.54, 1.807) is 25.3 Å². The molecule has 1 atom stereocenters. The summed E-state index contributed by atoms with van der Waals surface area (Å²) in [5.74, 6) is -1.49. The molecule has 2 aromatic rings. The lowest BCUT2D eigenvalue weighted by atomic mass is 10.3. The molecule has 8 nitrogen and oxygen atoms in total. The number of esters is 1. The van der Waals surface area contributed by atoms with Crippen molar-refractivity contribution in [1.82, 2.24) is 15.3 Å². The van der Waals surface area contributed by atoms with Crippen molar-refractivity contribution in [3.63, 3.8) is 0 Å². The van der Waals surface area contributed by atoms with E-state index in [1.165, 1.54) is 6.92 Å². The van der Waals surface area contributed by atoms with Crippen LogP contribution in [-0.4, -0.2) is 34.0 Å². The van der Waals surface area contributed by atoms with Gasteiger partial charge in [0.05, 0.1) is 11.4 Å². The number of rotatable bonds is 4. The molecule has 0 aromatic carbocycles. The standard InChI is InChI=1S/C14H14N4O4S/c1-7-10(13(20)22-8(2)11(19)18-14(15)21)23-12(17-7)9-5-3-4-6-16-9/h3-6,8H,1-2H3,(H3,15,18,19,21)/t8-/m1/s1. The van der Waals surface area contributed by atoms with Gasteiger partial charge < -0.3 is 10.5 Å². The molecule has 120 valence electrons. The van der Waals surface area contributed by atoms with Gasteiger partial charge in [0, 0.05) is 6.20 Å². The Morgan fingerprint density at radius 2 is 2.09 bits per heavy atom. The van der Waals surface area contributed by atoms with Gasteiger partial charge in [0.15, 0.2) is 6.10 Å². The van der Waals surface area contributed by atoms with Gasteiger partial charge >= 0.3 is 12.0 Å². The molecule has 0 radical (unpaired) electrons. The Labute approximate surface area is 135 Å². The van der Waals surface area contributed by atoms with E-state index in [0.29, 0.717) is 16.4 Å². The van der Waals surface area contributed by atoms with Crippen LogP contribution in [0.25, 0.3) is 10.7 Å². The van der Waals surface area contributed by atoms with Gasteiger partial charge in [0.25, 0.3) is 5.91 Å². The zero-order valence-corrected chi connectivity index (χ0v) is 13.2. The van der Waals surface area contributed by atoms with Crippen LogP contribution in [0.5, 0.6) is 0 Å². The van der Waals surface area contributed by atoms with E-state index in [1.807, 2.05) is 11.4 Å². The largest absolute Gasteiger partial charge is 0.448 e. The molecule has 0 aliphatic heterocycles. The lowest BCUT2D eigenvalue weighted by Crippen LogP contribution is -2.42. The Kier molecular flexibility index (Phi) is 5.02. The highest BCUT2D eigenvalue weighted by atomic mass is 32.1. The normalized spacial score (nSPS) is 11.6. The van der Waals surface area contributed by atoms with Crippen LogP contribution in [0.15, 0.2) is 24.4 Å². The lowest BCUT2D eigenvalue weighted by Gasteiger charge is -2.11. The van der Waals surface area contributed by atoms with Crippen LogP contribution in [-0.2, 0) is 9.53 Å². The third-order valence-electron chi connectivity index (χ3n) is 2.77. The maximum atomic E-state index is 12.1. The topological polar surface area (TPSA) is 124 Å². The quantitative estimate of drug-likeness (QED) is 0.811. The molecule has 2 rings (SSSR count). The summed E-state index contributed by atoms with van der Waals surface area (Å²) < 4.78 is 5.02. The number of hydrogen-bond acceptors (Lipinski definition) is 7. The van der Waals surface area contributed by atoms with Crippen LogP contribution in [0, 0.1) is 6.92 Å². The number of pyridine rings is 1. The minimum Gasteiger partial charge on any atom is -0.448 e. The fourth-order valence-electron chi connectivity index (χ4n) is 1.68. The van der Waals surface area contributed by atoms with Crippen molar-refractivity contribution in [2.45, 2.75) is 20.0 Å². The first-order valence-corrected chi connectivity index (χ1v) is 7.40. The molecule has 0 saturated heterocycles. The number of primary amides is 1. The molecular formula is C14H14N4O4S. The van der Waals surface area contributed by atoms with Crippen LogP contribution in [0.2, 0.25) is 0 Å². The number of carbonyl (C=O) groups is 3. The average Bonchev–Trinajstić information content (AvgIpc) is 2.89. The second-order valence-corrected chi connectivity index (χ2v) is 5.55. The molecule has 0 bridgehead atoms. The number of ether oxygens (including phenoxy) is 1. The highest BCUT2D eigenvalue weighted by molar-refractivity contribution is 7.17. The number of carbonyl (C=O) groups excluding carboxylic acids is 3. The monoisotopic (exact) mass is 334 g/mol. The van der Waals surface area contributed by atoms with Gasteiger partial charge in [0.1, 0.15) is 9.88 Å². The molecule has 3 N–H and O–H groups in total. The molecule has 0 aliphatic rings. The fraction of sp³-hybridized carbons (Fsp3) is 0.214. The summed E-state index contributed by atoms with van der Waals surface area (Å²) in [7, 11) is 0. The van der Waals surface area contributed by atoms with E-state index in [2.05, 4.69) is 9.97 Å². The highest BCUT2D eigenvalue weighted by Crippen LogP contribution is 2.27. The highest BCUT2D eigenvalue weighted by Gasteiger charge is 2.23. The summed E-state index contributed by atoms with van der Waals surface area (Å²) in [6, 6.07) is 4.35. The van der Waals surface area contributed by atoms with E-state index < -0.39 is 24.0 Å². The minimum atomic E-state index is -1.16. The van der Waals surface area contributed by atoms with Gasteiger partial charge in [-0.3, -0.25) is 15.1 Å². The van der Waals surface area contributed by atoms with Crippen LogP contribution < -0.4 is 11.1 Å². The number of nitrogens with two attached hydrogens (primary N) is 1. The maximum absolute atomic E-state index is 12.1. The van der Waals surface area contributed by atoms with Gasteiger partial charge in [-0.25, -0.2) is 14.6 Å². The molecule has 0 spiro atoms. The number of amides is 3. The smallest absolute Gasteiger partial charge is 0.351 e. The summed E-state index contributed by atoms with van der Waals surface area (Å²) >= 11 is 1.12. The Balaban J connectivity index is 2.13. The number of aromatic nitrogens is 2. The molecule has 0 saturated carbocycles. The zero-order valence-electron chi connectivity index (χ0n) is 12.4. The van der Waals surface area contributed by atoms with Crippen LogP contribution in [0.4, 0.5) is 4.79 Å². The second kappa shape index (κ2) is 6.97. The van der Waals surface area contributed by atoms with E-state index in [-0.39, 0.29) is 4.88 Å². The number of nitrogens with one attached hydrogen (secondary N) is 1.